The number of hydrogen-bond donors (Lipinski definition) is 2. The van der Waals surface area contributed by atoms with Gasteiger partial charge in [-0.15, -0.1) is 0 Å². The molecule has 2 N–H and O–H groups in total. The van der Waals surface area contributed by atoms with Crippen molar-refractivity contribution in [3.8, 4) is 11.5 Å². The zero-order chi connectivity index (χ0) is 31.3. The fourth-order valence-corrected chi connectivity index (χ4v) is 11.0. The van der Waals surface area contributed by atoms with Crippen molar-refractivity contribution >= 4 is 5.91 Å². The largest absolute Gasteiger partial charge is 0.493 e. The standard InChI is InChI=1S/C40H54N2O4/c1-45-35-22-19-30-25-33-32-13-8-14-36-40(32,37(30)38(35)46-36)23-24-42(33,26-29-15-16-29)41-39(44)31(20-17-27-9-4-2-5-10-27)34(43)21-18-28-11-6-3-7-12-28/h2,4-5,9-10,19,22,28-29,31-34,36,43H,3,6-8,11-18,20-21,23-26H2,1H3/p+1/t31?,32-,33+,34?,36-,40+,42?/m0/s1. The van der Waals surface area contributed by atoms with Gasteiger partial charge in [-0.3, -0.25) is 4.79 Å². The van der Waals surface area contributed by atoms with Crippen molar-refractivity contribution in [2.75, 3.05) is 20.2 Å². The van der Waals surface area contributed by atoms with Crippen LogP contribution in [-0.2, 0) is 23.1 Å². The van der Waals surface area contributed by atoms with Gasteiger partial charge in [-0.2, -0.15) is 0 Å². The summed E-state index contributed by atoms with van der Waals surface area (Å²) in [6.45, 7) is 1.97. The number of aliphatic hydroxyl groups is 1. The molecule has 6 nitrogen and oxygen atoms in total. The number of rotatable bonds is 12. The lowest BCUT2D eigenvalue weighted by atomic mass is 9.51. The Morgan fingerprint density at radius 3 is 2.61 bits per heavy atom. The smallest absolute Gasteiger partial charge is 0.270 e. The van der Waals surface area contributed by atoms with Gasteiger partial charge in [0.15, 0.2) is 11.5 Å². The average Bonchev–Trinajstić information content (AvgIpc) is 3.83. The number of amides is 1. The van der Waals surface area contributed by atoms with Gasteiger partial charge < -0.3 is 14.6 Å². The molecule has 2 aromatic carbocycles. The lowest BCUT2D eigenvalue weighted by Crippen LogP contribution is -2.77. The van der Waals surface area contributed by atoms with Crippen LogP contribution in [0.15, 0.2) is 42.5 Å². The first-order valence-electron chi connectivity index (χ1n) is 18.8. The van der Waals surface area contributed by atoms with E-state index in [1.54, 1.807) is 7.11 Å². The van der Waals surface area contributed by atoms with E-state index in [0.29, 0.717) is 34.8 Å². The number of likely N-dealkylation sites (tertiary alicyclic amines) is 1. The minimum atomic E-state index is -0.604. The van der Waals surface area contributed by atoms with Crippen molar-refractivity contribution in [1.29, 1.82) is 0 Å². The molecule has 248 valence electrons. The van der Waals surface area contributed by atoms with Crippen molar-refractivity contribution in [1.82, 2.24) is 5.43 Å². The molecular weight excluding hydrogens is 572 g/mol. The average molecular weight is 628 g/mol. The van der Waals surface area contributed by atoms with Crippen LogP contribution in [0.25, 0.3) is 0 Å². The van der Waals surface area contributed by atoms with Crippen LogP contribution in [0.4, 0.5) is 0 Å². The molecule has 8 rings (SSSR count). The van der Waals surface area contributed by atoms with Crippen LogP contribution in [-0.4, -0.2) is 54.1 Å². The molecule has 2 aromatic rings. The van der Waals surface area contributed by atoms with E-state index < -0.39 is 12.0 Å². The van der Waals surface area contributed by atoms with Gasteiger partial charge >= 0.3 is 0 Å². The van der Waals surface area contributed by atoms with Crippen molar-refractivity contribution < 1.29 is 24.0 Å². The Morgan fingerprint density at radius 1 is 1.00 bits per heavy atom. The Balaban J connectivity index is 1.09. The molecule has 0 radical (unpaired) electrons. The number of aliphatic hydroxyl groups excluding tert-OH is 1. The molecule has 1 saturated heterocycles. The highest BCUT2D eigenvalue weighted by Crippen LogP contribution is 2.65. The van der Waals surface area contributed by atoms with E-state index in [2.05, 4.69) is 41.8 Å². The summed E-state index contributed by atoms with van der Waals surface area (Å²) < 4.78 is 13.3. The number of carbonyl (C=O) groups excluding carboxylic acids is 1. The SMILES string of the molecule is COc1ccc2c3c1O[C@H]1CCC[C@H]4[C@@H](C2)[N+](CC2CC2)(NC(=O)C(CCc2ccccc2)C(O)CCC2CCCCC2)CC[C@]314. The number of aryl methyl sites for hydroxylation is 1. The van der Waals surface area contributed by atoms with Crippen LogP contribution >= 0.6 is 0 Å². The minimum absolute atomic E-state index is 0.0304. The van der Waals surface area contributed by atoms with Crippen LogP contribution in [0.2, 0.25) is 0 Å². The number of carbonyl (C=O) groups is 1. The number of benzene rings is 2. The van der Waals surface area contributed by atoms with Gasteiger partial charge in [-0.25, -0.2) is 10.0 Å². The van der Waals surface area contributed by atoms with Gasteiger partial charge in [-0.05, 0) is 80.9 Å². The molecule has 4 aliphatic carbocycles. The number of nitrogens with zero attached hydrogens (tertiary/aromatic N) is 1. The summed E-state index contributed by atoms with van der Waals surface area (Å²) in [7, 11) is 1.76. The molecule has 3 unspecified atom stereocenters. The Morgan fingerprint density at radius 2 is 1.83 bits per heavy atom. The summed E-state index contributed by atoms with van der Waals surface area (Å²) in [4.78, 5) is 14.7. The van der Waals surface area contributed by atoms with Gasteiger partial charge in [0, 0.05) is 30.2 Å². The summed E-state index contributed by atoms with van der Waals surface area (Å²) in [5, 5.41) is 11.8. The number of hydrogen-bond acceptors (Lipinski definition) is 4. The van der Waals surface area contributed by atoms with E-state index in [-0.39, 0.29) is 17.4 Å². The lowest BCUT2D eigenvalue weighted by Gasteiger charge is -2.61. The van der Waals surface area contributed by atoms with Crippen LogP contribution in [0.1, 0.15) is 107 Å². The molecule has 2 bridgehead atoms. The fraction of sp³-hybridized carbons (Fsp3) is 0.675. The number of quaternary nitrogens is 1. The molecule has 1 spiro atoms. The third-order valence-electron chi connectivity index (χ3n) is 13.4. The molecule has 1 amide bonds. The second-order valence-electron chi connectivity index (χ2n) is 16.0. The highest BCUT2D eigenvalue weighted by Gasteiger charge is 2.69. The molecule has 46 heavy (non-hydrogen) atoms. The van der Waals surface area contributed by atoms with Gasteiger partial charge in [-0.1, -0.05) is 68.5 Å². The summed E-state index contributed by atoms with van der Waals surface area (Å²) in [5.41, 5.74) is 7.92. The molecule has 6 heteroatoms. The maximum Gasteiger partial charge on any atom is 0.270 e. The van der Waals surface area contributed by atoms with E-state index in [1.807, 2.05) is 6.07 Å². The first-order valence-corrected chi connectivity index (χ1v) is 18.8. The number of ether oxygens (including phenoxy) is 2. The van der Waals surface area contributed by atoms with Gasteiger partial charge in [0.05, 0.1) is 24.5 Å². The van der Waals surface area contributed by atoms with E-state index in [4.69, 9.17) is 9.47 Å². The fourth-order valence-electron chi connectivity index (χ4n) is 11.0. The van der Waals surface area contributed by atoms with E-state index >= 15 is 0 Å². The molecule has 4 fully saturated rings. The normalized spacial score (nSPS) is 32.6. The maximum atomic E-state index is 14.7. The van der Waals surface area contributed by atoms with Crippen molar-refractivity contribution in [2.24, 2.45) is 23.7 Å². The van der Waals surface area contributed by atoms with Crippen LogP contribution < -0.4 is 14.9 Å². The third kappa shape index (κ3) is 5.36. The summed E-state index contributed by atoms with van der Waals surface area (Å²) in [5.74, 6) is 3.43. The number of piperidine rings is 1. The van der Waals surface area contributed by atoms with Gasteiger partial charge in [0.25, 0.3) is 5.91 Å². The quantitative estimate of drug-likeness (QED) is 0.248. The monoisotopic (exact) mass is 627 g/mol. The van der Waals surface area contributed by atoms with E-state index in [1.165, 1.54) is 74.5 Å². The Hall–Kier alpha value is -2.57. The molecule has 2 heterocycles. The first-order chi connectivity index (χ1) is 22.5. The molecule has 2 aliphatic heterocycles. The molecule has 0 aromatic heterocycles. The first kappa shape index (κ1) is 30.7. The van der Waals surface area contributed by atoms with E-state index in [0.717, 1.165) is 63.1 Å². The molecule has 7 atom stereocenters. The zero-order valence-corrected chi connectivity index (χ0v) is 27.9. The van der Waals surface area contributed by atoms with Crippen molar-refractivity contribution in [3.63, 3.8) is 0 Å². The Bertz CT molecular complexity index is 1400. The van der Waals surface area contributed by atoms with Gasteiger partial charge in [0.2, 0.25) is 0 Å². The highest BCUT2D eigenvalue weighted by atomic mass is 16.5. The second kappa shape index (κ2) is 12.5. The number of nitrogens with one attached hydrogen (secondary N) is 1. The number of methoxy groups -OCH3 is 1. The lowest BCUT2D eigenvalue weighted by molar-refractivity contribution is -0.995. The van der Waals surface area contributed by atoms with Crippen molar-refractivity contribution in [3.05, 3.63) is 59.2 Å². The zero-order valence-electron chi connectivity index (χ0n) is 27.9. The molecular formula is C40H55N2O4+. The molecule has 3 saturated carbocycles. The predicted octanol–water partition coefficient (Wildman–Crippen LogP) is 7.05. The topological polar surface area (TPSA) is 67.8 Å². The van der Waals surface area contributed by atoms with Crippen LogP contribution in [0.3, 0.4) is 0 Å². The minimum Gasteiger partial charge on any atom is -0.493 e. The molecule has 6 aliphatic rings. The second-order valence-corrected chi connectivity index (χ2v) is 16.0. The summed E-state index contributed by atoms with van der Waals surface area (Å²) in [6, 6.07) is 15.2. The van der Waals surface area contributed by atoms with Crippen LogP contribution in [0.5, 0.6) is 11.5 Å². The van der Waals surface area contributed by atoms with Gasteiger partial charge in [0.1, 0.15) is 25.2 Å². The third-order valence-corrected chi connectivity index (χ3v) is 13.4. The Kier molecular flexibility index (Phi) is 8.33. The maximum absolute atomic E-state index is 14.7. The summed E-state index contributed by atoms with van der Waals surface area (Å²) in [6.07, 6.45) is 17.4. The highest BCUT2D eigenvalue weighted by molar-refractivity contribution is 5.78. The van der Waals surface area contributed by atoms with Crippen molar-refractivity contribution in [2.45, 2.75) is 126 Å². The Labute approximate surface area is 275 Å². The summed E-state index contributed by atoms with van der Waals surface area (Å²) >= 11 is 0. The predicted molar refractivity (Wildman–Crippen MR) is 179 cm³/mol. The van der Waals surface area contributed by atoms with Crippen LogP contribution in [0, 0.1) is 23.7 Å². The van der Waals surface area contributed by atoms with E-state index in [9.17, 15) is 9.90 Å².